The van der Waals surface area contributed by atoms with Crippen molar-refractivity contribution >= 4 is 18.6 Å². The fourth-order valence-electron chi connectivity index (χ4n) is 2.12. The number of carboxylic acids is 1. The van der Waals surface area contributed by atoms with Crippen LogP contribution in [-0.4, -0.2) is 29.4 Å². The quantitative estimate of drug-likeness (QED) is 0.336. The molecule has 114 valence electrons. The molecule has 2 N–H and O–H groups in total. The van der Waals surface area contributed by atoms with Gasteiger partial charge in [0.1, 0.15) is 6.04 Å². The van der Waals surface area contributed by atoms with Crippen LogP contribution in [0.2, 0.25) is 0 Å². The highest BCUT2D eigenvalue weighted by Crippen LogP contribution is 2.10. The molecule has 0 aliphatic rings. The van der Waals surface area contributed by atoms with Gasteiger partial charge >= 0.3 is 5.97 Å². The second-order valence-corrected chi connectivity index (χ2v) is 5.57. The number of rotatable bonds is 14. The van der Waals surface area contributed by atoms with E-state index in [1.54, 1.807) is 0 Å². The highest BCUT2D eigenvalue weighted by atomic mass is 32.1. The van der Waals surface area contributed by atoms with Gasteiger partial charge in [-0.15, -0.1) is 0 Å². The molecule has 0 aromatic carbocycles. The molecular formula is C15H31NO2S. The van der Waals surface area contributed by atoms with Crippen LogP contribution in [0.3, 0.4) is 0 Å². The van der Waals surface area contributed by atoms with Crippen LogP contribution >= 0.6 is 12.6 Å². The zero-order valence-electron chi connectivity index (χ0n) is 12.4. The smallest absolute Gasteiger partial charge is 0.321 e. The molecule has 4 heteroatoms. The van der Waals surface area contributed by atoms with Crippen molar-refractivity contribution in [2.24, 2.45) is 0 Å². The van der Waals surface area contributed by atoms with E-state index in [1.807, 2.05) is 0 Å². The van der Waals surface area contributed by atoms with Crippen LogP contribution in [-0.2, 0) is 4.79 Å². The Bertz CT molecular complexity index is 212. The monoisotopic (exact) mass is 289 g/mol. The van der Waals surface area contributed by atoms with E-state index in [9.17, 15) is 4.79 Å². The molecule has 0 fully saturated rings. The molecule has 0 aromatic rings. The summed E-state index contributed by atoms with van der Waals surface area (Å²) in [4.78, 5) is 10.7. The van der Waals surface area contributed by atoms with E-state index in [0.717, 1.165) is 13.0 Å². The summed E-state index contributed by atoms with van der Waals surface area (Å²) in [5, 5.41) is 11.8. The lowest BCUT2D eigenvalue weighted by atomic mass is 10.1. The first kappa shape index (κ1) is 18.8. The highest BCUT2D eigenvalue weighted by molar-refractivity contribution is 7.80. The van der Waals surface area contributed by atoms with Crippen LogP contribution in [0.5, 0.6) is 0 Å². The van der Waals surface area contributed by atoms with Crippen molar-refractivity contribution in [2.75, 3.05) is 12.3 Å². The van der Waals surface area contributed by atoms with E-state index in [4.69, 9.17) is 5.11 Å². The fourth-order valence-corrected chi connectivity index (χ4v) is 2.40. The average Bonchev–Trinajstić information content (AvgIpc) is 2.40. The summed E-state index contributed by atoms with van der Waals surface area (Å²) in [7, 11) is 0. The van der Waals surface area contributed by atoms with Gasteiger partial charge in [0.15, 0.2) is 0 Å². The largest absolute Gasteiger partial charge is 0.480 e. The molecule has 1 atom stereocenters. The molecule has 0 rings (SSSR count). The van der Waals surface area contributed by atoms with Crippen molar-refractivity contribution in [3.8, 4) is 0 Å². The number of nitrogens with one attached hydrogen (secondary N) is 1. The molecule has 0 aliphatic carbocycles. The fraction of sp³-hybridized carbons (Fsp3) is 0.933. The summed E-state index contributed by atoms with van der Waals surface area (Å²) in [5.74, 6) is -0.449. The summed E-state index contributed by atoms with van der Waals surface area (Å²) in [6, 6.07) is -0.498. The summed E-state index contributed by atoms with van der Waals surface area (Å²) < 4.78 is 0. The molecule has 0 heterocycles. The SMILES string of the molecule is CCCCCCCCCCCCN[C@@H](CS)C(=O)O. The molecule has 0 saturated heterocycles. The van der Waals surface area contributed by atoms with Crippen LogP contribution in [0.1, 0.15) is 71.1 Å². The van der Waals surface area contributed by atoms with E-state index in [2.05, 4.69) is 24.9 Å². The molecular weight excluding hydrogens is 258 g/mol. The maximum Gasteiger partial charge on any atom is 0.321 e. The average molecular weight is 289 g/mol. The van der Waals surface area contributed by atoms with Crippen molar-refractivity contribution in [2.45, 2.75) is 77.2 Å². The van der Waals surface area contributed by atoms with Crippen LogP contribution < -0.4 is 5.32 Å². The molecule has 0 unspecified atom stereocenters. The maximum atomic E-state index is 10.7. The third kappa shape index (κ3) is 12.6. The molecule has 0 amide bonds. The summed E-state index contributed by atoms with van der Waals surface area (Å²) in [5.41, 5.74) is 0. The third-order valence-corrected chi connectivity index (χ3v) is 3.77. The summed E-state index contributed by atoms with van der Waals surface area (Å²) >= 11 is 4.02. The Morgan fingerprint density at radius 3 is 1.89 bits per heavy atom. The standard InChI is InChI=1S/C15H31NO2S/c1-2-3-4-5-6-7-8-9-10-11-12-16-14(13-19)15(17)18/h14,16,19H,2-13H2,1H3,(H,17,18)/t14-/m0/s1. The van der Waals surface area contributed by atoms with Gasteiger partial charge in [0.25, 0.3) is 0 Å². The van der Waals surface area contributed by atoms with E-state index < -0.39 is 12.0 Å². The van der Waals surface area contributed by atoms with E-state index in [-0.39, 0.29) is 0 Å². The molecule has 0 saturated carbocycles. The molecule has 0 spiro atoms. The van der Waals surface area contributed by atoms with Gasteiger partial charge in [-0.2, -0.15) is 12.6 Å². The topological polar surface area (TPSA) is 49.3 Å². The predicted octanol–water partition coefficient (Wildman–Crippen LogP) is 3.88. The molecule has 0 aliphatic heterocycles. The van der Waals surface area contributed by atoms with Crippen LogP contribution in [0.15, 0.2) is 0 Å². The van der Waals surface area contributed by atoms with Gasteiger partial charge in [0, 0.05) is 5.75 Å². The summed E-state index contributed by atoms with van der Waals surface area (Å²) in [6.07, 6.45) is 13.0. The van der Waals surface area contributed by atoms with Crippen molar-refractivity contribution in [1.29, 1.82) is 0 Å². The number of hydrogen-bond acceptors (Lipinski definition) is 3. The number of aliphatic carboxylic acids is 1. The van der Waals surface area contributed by atoms with E-state index in [1.165, 1.54) is 57.8 Å². The van der Waals surface area contributed by atoms with E-state index >= 15 is 0 Å². The van der Waals surface area contributed by atoms with Crippen molar-refractivity contribution < 1.29 is 9.90 Å². The first-order valence-corrected chi connectivity index (χ1v) is 8.42. The normalized spacial score (nSPS) is 12.5. The summed E-state index contributed by atoms with van der Waals surface area (Å²) in [6.45, 7) is 3.03. The van der Waals surface area contributed by atoms with Crippen LogP contribution in [0, 0.1) is 0 Å². The minimum absolute atomic E-state index is 0.354. The van der Waals surface area contributed by atoms with Gasteiger partial charge in [-0.1, -0.05) is 64.7 Å². The molecule has 19 heavy (non-hydrogen) atoms. The molecule has 0 radical (unpaired) electrons. The lowest BCUT2D eigenvalue weighted by molar-refractivity contribution is -0.138. The Morgan fingerprint density at radius 1 is 1.00 bits per heavy atom. The second kappa shape index (κ2) is 14.2. The molecule has 0 bridgehead atoms. The van der Waals surface area contributed by atoms with Gasteiger partial charge < -0.3 is 10.4 Å². The third-order valence-electron chi connectivity index (χ3n) is 3.40. The van der Waals surface area contributed by atoms with Gasteiger partial charge in [0.05, 0.1) is 0 Å². The zero-order valence-corrected chi connectivity index (χ0v) is 13.3. The van der Waals surface area contributed by atoms with Gasteiger partial charge in [-0.05, 0) is 13.0 Å². The minimum atomic E-state index is -0.804. The maximum absolute atomic E-state index is 10.7. The Kier molecular flexibility index (Phi) is 14.0. The highest BCUT2D eigenvalue weighted by Gasteiger charge is 2.13. The van der Waals surface area contributed by atoms with Crippen LogP contribution in [0.4, 0.5) is 0 Å². The number of hydrogen-bond donors (Lipinski definition) is 3. The van der Waals surface area contributed by atoms with E-state index in [0.29, 0.717) is 5.75 Å². The van der Waals surface area contributed by atoms with Gasteiger partial charge in [0.2, 0.25) is 0 Å². The van der Waals surface area contributed by atoms with Crippen molar-refractivity contribution in [1.82, 2.24) is 5.32 Å². The molecule has 0 aromatic heterocycles. The number of unbranched alkanes of at least 4 members (excludes halogenated alkanes) is 9. The zero-order chi connectivity index (χ0) is 14.3. The Hall–Kier alpha value is -0.220. The Labute approximate surface area is 124 Å². The van der Waals surface area contributed by atoms with Crippen molar-refractivity contribution in [3.63, 3.8) is 0 Å². The number of thiol groups is 1. The first-order chi connectivity index (χ1) is 9.22. The minimum Gasteiger partial charge on any atom is -0.480 e. The predicted molar refractivity (Wildman–Crippen MR) is 85.1 cm³/mol. The van der Waals surface area contributed by atoms with Gasteiger partial charge in [-0.25, -0.2) is 0 Å². The Morgan fingerprint density at radius 2 is 1.47 bits per heavy atom. The van der Waals surface area contributed by atoms with Crippen LogP contribution in [0.25, 0.3) is 0 Å². The van der Waals surface area contributed by atoms with Gasteiger partial charge in [-0.3, -0.25) is 4.79 Å². The van der Waals surface area contributed by atoms with Crippen molar-refractivity contribution in [3.05, 3.63) is 0 Å². The first-order valence-electron chi connectivity index (χ1n) is 7.79. The Balaban J connectivity index is 3.16. The second-order valence-electron chi connectivity index (χ2n) is 5.21. The molecule has 3 nitrogen and oxygen atoms in total. The number of carbonyl (C=O) groups is 1. The lowest BCUT2D eigenvalue weighted by Gasteiger charge is -2.11. The number of carboxylic acid groups (broad SMARTS) is 1. The lowest BCUT2D eigenvalue weighted by Crippen LogP contribution is -2.38.